The standard InChI is InChI=1S/C20H17BrN2O3/c1-3-10-23-19(25)16-9-6-14(11-17(16)20(23)26)18(24)22-12(2)13-4-7-15(21)8-5-13/h3-9,11-12H,1,10H2,2H3,(H,22,24)/t12-/m0/s1. The van der Waals surface area contributed by atoms with Crippen LogP contribution >= 0.6 is 15.9 Å². The molecule has 0 radical (unpaired) electrons. The van der Waals surface area contributed by atoms with E-state index in [1.54, 1.807) is 6.07 Å². The molecule has 26 heavy (non-hydrogen) atoms. The Labute approximate surface area is 159 Å². The normalized spacial score (nSPS) is 14.2. The largest absolute Gasteiger partial charge is 0.346 e. The molecule has 5 nitrogen and oxygen atoms in total. The van der Waals surface area contributed by atoms with Gasteiger partial charge in [0.2, 0.25) is 0 Å². The summed E-state index contributed by atoms with van der Waals surface area (Å²) in [6.45, 7) is 5.59. The summed E-state index contributed by atoms with van der Waals surface area (Å²) in [5, 5.41) is 2.91. The van der Waals surface area contributed by atoms with Crippen molar-refractivity contribution in [1.29, 1.82) is 0 Å². The smallest absolute Gasteiger partial charge is 0.261 e. The van der Waals surface area contributed by atoms with Crippen LogP contribution in [0.3, 0.4) is 0 Å². The first-order valence-corrected chi connectivity index (χ1v) is 8.89. The summed E-state index contributed by atoms with van der Waals surface area (Å²) in [5.74, 6) is -1.06. The third-order valence-electron chi connectivity index (χ3n) is 4.26. The van der Waals surface area contributed by atoms with E-state index in [0.717, 1.165) is 14.9 Å². The molecule has 0 saturated carbocycles. The first kappa shape index (κ1) is 18.1. The second-order valence-electron chi connectivity index (χ2n) is 6.02. The first-order chi connectivity index (χ1) is 12.4. The molecule has 0 spiro atoms. The van der Waals surface area contributed by atoms with Crippen molar-refractivity contribution in [3.63, 3.8) is 0 Å². The Bertz CT molecular complexity index is 906. The van der Waals surface area contributed by atoms with E-state index in [1.807, 2.05) is 31.2 Å². The maximum atomic E-state index is 12.5. The van der Waals surface area contributed by atoms with Gasteiger partial charge in [-0.3, -0.25) is 19.3 Å². The van der Waals surface area contributed by atoms with E-state index in [4.69, 9.17) is 0 Å². The van der Waals surface area contributed by atoms with E-state index >= 15 is 0 Å². The van der Waals surface area contributed by atoms with Gasteiger partial charge in [0.25, 0.3) is 17.7 Å². The van der Waals surface area contributed by atoms with Crippen molar-refractivity contribution < 1.29 is 14.4 Å². The predicted molar refractivity (Wildman–Crippen MR) is 102 cm³/mol. The maximum Gasteiger partial charge on any atom is 0.261 e. The van der Waals surface area contributed by atoms with E-state index in [0.29, 0.717) is 11.1 Å². The van der Waals surface area contributed by atoms with Crippen LogP contribution in [0.5, 0.6) is 0 Å². The van der Waals surface area contributed by atoms with Gasteiger partial charge in [-0.2, -0.15) is 0 Å². The minimum Gasteiger partial charge on any atom is -0.346 e. The lowest BCUT2D eigenvalue weighted by atomic mass is 10.0. The Balaban J connectivity index is 1.80. The van der Waals surface area contributed by atoms with E-state index in [9.17, 15) is 14.4 Å². The van der Waals surface area contributed by atoms with Crippen LogP contribution in [0.4, 0.5) is 0 Å². The third-order valence-corrected chi connectivity index (χ3v) is 4.79. The second kappa shape index (κ2) is 7.25. The van der Waals surface area contributed by atoms with Crippen LogP contribution < -0.4 is 5.32 Å². The molecule has 0 aliphatic carbocycles. The van der Waals surface area contributed by atoms with Gasteiger partial charge >= 0.3 is 0 Å². The average Bonchev–Trinajstić information content (AvgIpc) is 2.87. The first-order valence-electron chi connectivity index (χ1n) is 8.10. The van der Waals surface area contributed by atoms with Crippen molar-refractivity contribution >= 4 is 33.7 Å². The van der Waals surface area contributed by atoms with Crippen molar-refractivity contribution in [2.75, 3.05) is 6.54 Å². The summed E-state index contributed by atoms with van der Waals surface area (Å²) in [6.07, 6.45) is 1.50. The maximum absolute atomic E-state index is 12.5. The molecule has 3 rings (SSSR count). The van der Waals surface area contributed by atoms with Gasteiger partial charge in [0.15, 0.2) is 0 Å². The van der Waals surface area contributed by atoms with Crippen LogP contribution in [0.25, 0.3) is 0 Å². The Kier molecular flexibility index (Phi) is 5.04. The second-order valence-corrected chi connectivity index (χ2v) is 6.93. The fraction of sp³-hybridized carbons (Fsp3) is 0.150. The minimum atomic E-state index is -0.402. The number of imide groups is 1. The van der Waals surface area contributed by atoms with E-state index < -0.39 is 5.91 Å². The van der Waals surface area contributed by atoms with Gasteiger partial charge in [0, 0.05) is 16.6 Å². The van der Waals surface area contributed by atoms with Crippen LogP contribution in [0.1, 0.15) is 49.6 Å². The average molecular weight is 413 g/mol. The molecule has 1 heterocycles. The number of amides is 3. The minimum absolute atomic E-state index is 0.147. The van der Waals surface area contributed by atoms with Crippen molar-refractivity contribution in [3.8, 4) is 0 Å². The number of carbonyl (C=O) groups is 3. The molecule has 132 valence electrons. The summed E-state index contributed by atoms with van der Waals surface area (Å²) in [4.78, 5) is 38.2. The van der Waals surface area contributed by atoms with Gasteiger partial charge in [-0.25, -0.2) is 0 Å². The molecule has 0 aromatic heterocycles. The van der Waals surface area contributed by atoms with Crippen LogP contribution in [-0.2, 0) is 0 Å². The van der Waals surface area contributed by atoms with Gasteiger partial charge < -0.3 is 5.32 Å². The fourth-order valence-electron chi connectivity index (χ4n) is 2.84. The zero-order valence-electron chi connectivity index (χ0n) is 14.2. The highest BCUT2D eigenvalue weighted by Gasteiger charge is 2.35. The number of hydrogen-bond acceptors (Lipinski definition) is 3. The number of benzene rings is 2. The van der Waals surface area contributed by atoms with Gasteiger partial charge in [0.1, 0.15) is 0 Å². The third kappa shape index (κ3) is 3.32. The molecule has 1 aliphatic heterocycles. The van der Waals surface area contributed by atoms with E-state index in [1.165, 1.54) is 18.2 Å². The van der Waals surface area contributed by atoms with E-state index in [2.05, 4.69) is 27.8 Å². The highest BCUT2D eigenvalue weighted by Crippen LogP contribution is 2.24. The molecule has 0 saturated heterocycles. The molecule has 1 aliphatic rings. The highest BCUT2D eigenvalue weighted by atomic mass is 79.9. The molecule has 0 bridgehead atoms. The van der Waals surface area contributed by atoms with Crippen molar-refractivity contribution in [2.45, 2.75) is 13.0 Å². The van der Waals surface area contributed by atoms with Gasteiger partial charge in [0.05, 0.1) is 17.2 Å². The quantitative estimate of drug-likeness (QED) is 0.600. The van der Waals surface area contributed by atoms with E-state index in [-0.39, 0.29) is 30.0 Å². The Morgan fingerprint density at radius 1 is 1.15 bits per heavy atom. The molecule has 1 atom stereocenters. The molecule has 0 fully saturated rings. The molecule has 0 unspecified atom stereocenters. The number of nitrogens with one attached hydrogen (secondary N) is 1. The van der Waals surface area contributed by atoms with Gasteiger partial charge in [-0.15, -0.1) is 6.58 Å². The monoisotopic (exact) mass is 412 g/mol. The summed E-state index contributed by atoms with van der Waals surface area (Å²) < 4.78 is 0.964. The van der Waals surface area contributed by atoms with Crippen LogP contribution in [0.2, 0.25) is 0 Å². The van der Waals surface area contributed by atoms with Crippen LogP contribution in [0.15, 0.2) is 59.6 Å². The number of fused-ring (bicyclic) bond motifs is 1. The lowest BCUT2D eigenvalue weighted by molar-refractivity contribution is 0.0672. The number of halogens is 1. The lowest BCUT2D eigenvalue weighted by Crippen LogP contribution is -2.29. The van der Waals surface area contributed by atoms with Crippen molar-refractivity contribution in [1.82, 2.24) is 10.2 Å². The molecule has 2 aromatic carbocycles. The fourth-order valence-corrected chi connectivity index (χ4v) is 3.11. The van der Waals surface area contributed by atoms with Crippen molar-refractivity contribution in [2.24, 2.45) is 0 Å². The van der Waals surface area contributed by atoms with Gasteiger partial charge in [-0.05, 0) is 42.8 Å². The zero-order valence-corrected chi connectivity index (χ0v) is 15.7. The summed E-state index contributed by atoms with van der Waals surface area (Å²) in [5.41, 5.74) is 1.87. The van der Waals surface area contributed by atoms with Gasteiger partial charge in [-0.1, -0.05) is 34.1 Å². The molecule has 3 amide bonds. The molecule has 2 aromatic rings. The van der Waals surface area contributed by atoms with Crippen molar-refractivity contribution in [3.05, 3.63) is 81.8 Å². The Morgan fingerprint density at radius 3 is 2.46 bits per heavy atom. The Hall–Kier alpha value is -2.73. The number of nitrogens with zero attached hydrogens (tertiary/aromatic N) is 1. The molecule has 1 N–H and O–H groups in total. The predicted octanol–water partition coefficient (Wildman–Crippen LogP) is 3.72. The highest BCUT2D eigenvalue weighted by molar-refractivity contribution is 9.10. The van der Waals surface area contributed by atoms with Crippen LogP contribution in [0, 0.1) is 0 Å². The topological polar surface area (TPSA) is 66.5 Å². The summed E-state index contributed by atoms with van der Waals surface area (Å²) >= 11 is 3.38. The molecular formula is C20H17BrN2O3. The lowest BCUT2D eigenvalue weighted by Gasteiger charge is -2.14. The SMILES string of the molecule is C=CCN1C(=O)c2ccc(C(=O)N[C@@H](C)c3ccc(Br)cc3)cc2C1=O. The number of carbonyl (C=O) groups excluding carboxylic acids is 3. The summed E-state index contributed by atoms with van der Waals surface area (Å²) in [6, 6.07) is 12.0. The molecule has 6 heteroatoms. The Morgan fingerprint density at radius 2 is 1.81 bits per heavy atom. The number of hydrogen-bond donors (Lipinski definition) is 1. The van der Waals surface area contributed by atoms with Crippen LogP contribution in [-0.4, -0.2) is 29.2 Å². The zero-order chi connectivity index (χ0) is 18.8. The summed E-state index contributed by atoms with van der Waals surface area (Å²) in [7, 11) is 0. The number of rotatable bonds is 5. The molecular weight excluding hydrogens is 396 g/mol.